The highest BCUT2D eigenvalue weighted by Gasteiger charge is 2.12. The quantitative estimate of drug-likeness (QED) is 0.462. The maximum atomic E-state index is 5.94. The van der Waals surface area contributed by atoms with Crippen LogP contribution in [-0.4, -0.2) is 15.6 Å². The average molecular weight is 332 g/mol. The molecule has 4 heteroatoms. The Kier molecular flexibility index (Phi) is 3.85. The summed E-state index contributed by atoms with van der Waals surface area (Å²) in [5, 5.41) is 0.715. The van der Waals surface area contributed by atoms with Crippen molar-refractivity contribution in [3.05, 3.63) is 89.6 Å². The fraction of sp³-hybridized carbons (Fsp3) is 0. The van der Waals surface area contributed by atoms with Crippen molar-refractivity contribution in [1.29, 1.82) is 0 Å². The van der Waals surface area contributed by atoms with Crippen molar-refractivity contribution in [2.45, 2.75) is 0 Å². The third-order valence-corrected chi connectivity index (χ3v) is 4.01. The van der Waals surface area contributed by atoms with Gasteiger partial charge >= 0.3 is 0 Å². The van der Waals surface area contributed by atoms with Crippen LogP contribution in [0.3, 0.4) is 0 Å². The third-order valence-electron chi connectivity index (χ3n) is 3.76. The molecule has 2 heterocycles. The Labute approximate surface area is 144 Å². The first-order valence-corrected chi connectivity index (χ1v) is 8.01. The van der Waals surface area contributed by atoms with Crippen molar-refractivity contribution < 1.29 is 0 Å². The van der Waals surface area contributed by atoms with E-state index >= 15 is 0 Å². The first-order valence-electron chi connectivity index (χ1n) is 7.63. The van der Waals surface area contributed by atoms with Crippen molar-refractivity contribution in [1.82, 2.24) is 9.38 Å². The Morgan fingerprint density at radius 2 is 1.62 bits per heavy atom. The second kappa shape index (κ2) is 6.30. The largest absolute Gasteiger partial charge is 0.284 e. The monoisotopic (exact) mass is 331 g/mol. The van der Waals surface area contributed by atoms with E-state index in [0.717, 1.165) is 28.3 Å². The number of aromatic nitrogens is 2. The second-order valence-corrected chi connectivity index (χ2v) is 5.83. The Morgan fingerprint density at radius 3 is 2.42 bits per heavy atom. The molecule has 4 aromatic rings. The van der Waals surface area contributed by atoms with Gasteiger partial charge in [-0.3, -0.25) is 4.40 Å². The minimum absolute atomic E-state index is 0.715. The van der Waals surface area contributed by atoms with Crippen LogP contribution in [0.2, 0.25) is 5.02 Å². The normalized spacial score (nSPS) is 11.4. The van der Waals surface area contributed by atoms with E-state index in [1.807, 2.05) is 89.6 Å². The van der Waals surface area contributed by atoms with Crippen molar-refractivity contribution in [2.24, 2.45) is 4.99 Å². The molecular weight excluding hydrogens is 318 g/mol. The first kappa shape index (κ1) is 14.7. The van der Waals surface area contributed by atoms with Gasteiger partial charge in [0.15, 0.2) is 5.82 Å². The Bertz CT molecular complexity index is 1000. The molecule has 0 amide bonds. The fourth-order valence-electron chi connectivity index (χ4n) is 2.58. The summed E-state index contributed by atoms with van der Waals surface area (Å²) < 4.78 is 1.99. The standard InChI is InChI=1S/C20H14ClN3/c21-17-11-9-15(10-12-17)14-22-20-19(16-6-2-1-3-7-16)23-18-8-4-5-13-24(18)20/h1-14H/b22-14+. The lowest BCUT2D eigenvalue weighted by molar-refractivity contribution is 1.17. The topological polar surface area (TPSA) is 29.7 Å². The zero-order chi connectivity index (χ0) is 16.4. The number of aliphatic imine (C=N–C) groups is 1. The molecule has 0 aliphatic carbocycles. The van der Waals surface area contributed by atoms with Gasteiger partial charge in [-0.05, 0) is 29.8 Å². The molecule has 2 aromatic heterocycles. The van der Waals surface area contributed by atoms with E-state index in [2.05, 4.69) is 0 Å². The number of hydrogen-bond donors (Lipinski definition) is 0. The van der Waals surface area contributed by atoms with Crippen molar-refractivity contribution in [3.8, 4) is 11.3 Å². The van der Waals surface area contributed by atoms with Crippen LogP contribution in [0.1, 0.15) is 5.56 Å². The number of pyridine rings is 1. The highest BCUT2D eigenvalue weighted by Crippen LogP contribution is 2.30. The average Bonchev–Trinajstić information content (AvgIpc) is 3.01. The number of nitrogens with zero attached hydrogens (tertiary/aromatic N) is 3. The van der Waals surface area contributed by atoms with Gasteiger partial charge in [0.1, 0.15) is 11.3 Å². The Hall–Kier alpha value is -2.91. The van der Waals surface area contributed by atoms with Crippen LogP contribution < -0.4 is 0 Å². The summed E-state index contributed by atoms with van der Waals surface area (Å²) in [5.74, 6) is 0.812. The lowest BCUT2D eigenvalue weighted by Crippen LogP contribution is -1.84. The summed E-state index contributed by atoms with van der Waals surface area (Å²) in [6, 6.07) is 23.6. The van der Waals surface area contributed by atoms with Gasteiger partial charge in [-0.15, -0.1) is 0 Å². The molecule has 3 nitrogen and oxygen atoms in total. The molecule has 0 aliphatic rings. The first-order chi connectivity index (χ1) is 11.8. The number of benzene rings is 2. The smallest absolute Gasteiger partial charge is 0.165 e. The predicted octanol–water partition coefficient (Wildman–Crippen LogP) is 5.41. The molecule has 0 radical (unpaired) electrons. The second-order valence-electron chi connectivity index (χ2n) is 5.39. The molecule has 0 saturated carbocycles. The molecule has 0 bridgehead atoms. The summed E-state index contributed by atoms with van der Waals surface area (Å²) >= 11 is 5.94. The highest BCUT2D eigenvalue weighted by molar-refractivity contribution is 6.30. The van der Waals surface area contributed by atoms with Crippen LogP contribution in [-0.2, 0) is 0 Å². The zero-order valence-corrected chi connectivity index (χ0v) is 13.6. The molecule has 0 saturated heterocycles. The SMILES string of the molecule is Clc1ccc(/C=N/c2c(-c3ccccc3)nc3ccccn23)cc1. The van der Waals surface area contributed by atoms with E-state index in [-0.39, 0.29) is 0 Å². The molecule has 0 N–H and O–H groups in total. The van der Waals surface area contributed by atoms with Crippen LogP contribution >= 0.6 is 11.6 Å². The van der Waals surface area contributed by atoms with Gasteiger partial charge in [0.2, 0.25) is 0 Å². The third kappa shape index (κ3) is 2.82. The number of halogens is 1. The number of fused-ring (bicyclic) bond motifs is 1. The molecule has 0 unspecified atom stereocenters. The molecule has 0 aliphatic heterocycles. The molecule has 24 heavy (non-hydrogen) atoms. The summed E-state index contributed by atoms with van der Waals surface area (Å²) in [5.41, 5.74) is 3.78. The van der Waals surface area contributed by atoms with Crippen LogP contribution in [0.25, 0.3) is 16.9 Å². The van der Waals surface area contributed by atoms with Crippen LogP contribution in [0, 0.1) is 0 Å². The predicted molar refractivity (Wildman–Crippen MR) is 99.3 cm³/mol. The highest BCUT2D eigenvalue weighted by atomic mass is 35.5. The number of hydrogen-bond acceptors (Lipinski definition) is 2. The summed E-state index contributed by atoms with van der Waals surface area (Å²) in [6.45, 7) is 0. The molecule has 4 rings (SSSR count). The van der Waals surface area contributed by atoms with E-state index < -0.39 is 0 Å². The van der Waals surface area contributed by atoms with Gasteiger partial charge in [0.25, 0.3) is 0 Å². The van der Waals surface area contributed by atoms with E-state index in [1.165, 1.54) is 0 Å². The Balaban J connectivity index is 1.85. The van der Waals surface area contributed by atoms with Crippen LogP contribution in [0.5, 0.6) is 0 Å². The van der Waals surface area contributed by atoms with E-state index in [9.17, 15) is 0 Å². The minimum Gasteiger partial charge on any atom is -0.284 e. The van der Waals surface area contributed by atoms with Gasteiger partial charge in [-0.1, -0.05) is 60.1 Å². The zero-order valence-electron chi connectivity index (χ0n) is 12.8. The molecule has 2 aromatic carbocycles. The van der Waals surface area contributed by atoms with Gasteiger partial charge in [0.05, 0.1) is 0 Å². The van der Waals surface area contributed by atoms with Gasteiger partial charge in [-0.2, -0.15) is 0 Å². The number of imidazole rings is 1. The molecule has 116 valence electrons. The van der Waals surface area contributed by atoms with Crippen LogP contribution in [0.4, 0.5) is 5.82 Å². The van der Waals surface area contributed by atoms with E-state index in [1.54, 1.807) is 0 Å². The van der Waals surface area contributed by atoms with Crippen LogP contribution in [0.15, 0.2) is 84.0 Å². The fourth-order valence-corrected chi connectivity index (χ4v) is 2.71. The van der Waals surface area contributed by atoms with Gasteiger partial charge < -0.3 is 0 Å². The van der Waals surface area contributed by atoms with Crippen molar-refractivity contribution in [3.63, 3.8) is 0 Å². The molecule has 0 atom stereocenters. The Morgan fingerprint density at radius 1 is 0.875 bits per heavy atom. The van der Waals surface area contributed by atoms with E-state index in [0.29, 0.717) is 5.02 Å². The molecule has 0 fully saturated rings. The van der Waals surface area contributed by atoms with Gasteiger partial charge in [0, 0.05) is 23.0 Å². The van der Waals surface area contributed by atoms with Crippen molar-refractivity contribution >= 4 is 29.3 Å². The van der Waals surface area contributed by atoms with Crippen molar-refractivity contribution in [2.75, 3.05) is 0 Å². The summed E-state index contributed by atoms with van der Waals surface area (Å²) in [6.07, 6.45) is 3.81. The molecular formula is C20H14ClN3. The van der Waals surface area contributed by atoms with Gasteiger partial charge in [-0.25, -0.2) is 9.98 Å². The van der Waals surface area contributed by atoms with E-state index in [4.69, 9.17) is 21.6 Å². The lowest BCUT2D eigenvalue weighted by Gasteiger charge is -2.00. The number of rotatable bonds is 3. The summed E-state index contributed by atoms with van der Waals surface area (Å²) in [7, 11) is 0. The maximum Gasteiger partial charge on any atom is 0.165 e. The lowest BCUT2D eigenvalue weighted by atomic mass is 10.1. The minimum atomic E-state index is 0.715. The maximum absolute atomic E-state index is 5.94. The summed E-state index contributed by atoms with van der Waals surface area (Å²) in [4.78, 5) is 9.44. The molecule has 0 spiro atoms.